The number of hydrogen-bond acceptors (Lipinski definition) is 6. The molecule has 1 aromatic rings. The summed E-state index contributed by atoms with van der Waals surface area (Å²) in [6.07, 6.45) is 3.01. The monoisotopic (exact) mass is 310 g/mol. The van der Waals surface area contributed by atoms with E-state index >= 15 is 0 Å². The Morgan fingerprint density at radius 2 is 2.18 bits per heavy atom. The molecule has 0 aromatic carbocycles. The summed E-state index contributed by atoms with van der Waals surface area (Å²) in [7, 11) is 0. The zero-order valence-electron chi connectivity index (χ0n) is 12.1. The summed E-state index contributed by atoms with van der Waals surface area (Å²) in [6.45, 7) is 2.87. The fourth-order valence-corrected chi connectivity index (χ4v) is 2.88. The molecule has 1 spiro atoms. The number of rotatable bonds is 3. The summed E-state index contributed by atoms with van der Waals surface area (Å²) in [4.78, 5) is 24.2. The molecule has 9 heteroatoms. The minimum absolute atomic E-state index is 0.000417. The highest BCUT2D eigenvalue weighted by Crippen LogP contribution is 2.29. The van der Waals surface area contributed by atoms with Crippen molar-refractivity contribution in [2.24, 2.45) is 0 Å². The molecular formula is C13H18N4O5. The molecule has 0 bridgehead atoms. The molecule has 0 aliphatic carbocycles. The van der Waals surface area contributed by atoms with Crippen molar-refractivity contribution in [3.05, 3.63) is 22.4 Å². The Kier molecular flexibility index (Phi) is 4.08. The lowest BCUT2D eigenvalue weighted by atomic mass is 9.92. The lowest BCUT2D eigenvalue weighted by Gasteiger charge is -2.44. The van der Waals surface area contributed by atoms with Crippen LogP contribution in [0.2, 0.25) is 0 Å². The maximum absolute atomic E-state index is 12.4. The number of amides is 1. The van der Waals surface area contributed by atoms with Gasteiger partial charge in [-0.2, -0.15) is 4.68 Å². The molecule has 2 aliphatic heterocycles. The zero-order valence-corrected chi connectivity index (χ0v) is 12.1. The topological polar surface area (TPSA) is 99.7 Å². The van der Waals surface area contributed by atoms with Crippen molar-refractivity contribution in [3.8, 4) is 0 Å². The van der Waals surface area contributed by atoms with Gasteiger partial charge in [-0.25, -0.2) is 0 Å². The number of hydrogen-bond donors (Lipinski definition) is 0. The first-order valence-electron chi connectivity index (χ1n) is 7.25. The molecular weight excluding hydrogens is 292 g/mol. The van der Waals surface area contributed by atoms with Gasteiger partial charge in [0.05, 0.1) is 29.6 Å². The minimum Gasteiger partial charge on any atom is -0.381 e. The van der Waals surface area contributed by atoms with Crippen LogP contribution in [0.25, 0.3) is 0 Å². The highest BCUT2D eigenvalue weighted by Gasteiger charge is 2.39. The predicted molar refractivity (Wildman–Crippen MR) is 74.2 cm³/mol. The molecule has 22 heavy (non-hydrogen) atoms. The summed E-state index contributed by atoms with van der Waals surface area (Å²) in [5.74, 6) is -0.358. The van der Waals surface area contributed by atoms with E-state index in [1.54, 1.807) is 4.90 Å². The van der Waals surface area contributed by atoms with Gasteiger partial charge in [0.1, 0.15) is 6.54 Å². The third-order valence-corrected chi connectivity index (χ3v) is 4.12. The number of nitro groups is 1. The van der Waals surface area contributed by atoms with Gasteiger partial charge in [-0.1, -0.05) is 0 Å². The van der Waals surface area contributed by atoms with Crippen LogP contribution in [-0.2, 0) is 20.8 Å². The summed E-state index contributed by atoms with van der Waals surface area (Å²) in [5, 5.41) is 14.4. The van der Waals surface area contributed by atoms with E-state index in [2.05, 4.69) is 5.10 Å². The number of carbonyl (C=O) groups excluding carboxylic acids is 1. The van der Waals surface area contributed by atoms with Crippen LogP contribution >= 0.6 is 0 Å². The fourth-order valence-electron chi connectivity index (χ4n) is 2.88. The molecule has 0 N–H and O–H groups in total. The molecule has 2 aliphatic rings. The molecule has 3 rings (SSSR count). The highest BCUT2D eigenvalue weighted by atomic mass is 16.6. The van der Waals surface area contributed by atoms with Gasteiger partial charge < -0.3 is 24.5 Å². The molecule has 0 atom stereocenters. The average Bonchev–Trinajstić information content (AvgIpc) is 2.97. The van der Waals surface area contributed by atoms with E-state index in [9.17, 15) is 14.9 Å². The number of aromatic nitrogens is 2. The van der Waals surface area contributed by atoms with Crippen molar-refractivity contribution in [2.45, 2.75) is 25.0 Å². The zero-order chi connectivity index (χ0) is 15.6. The molecule has 1 aromatic heterocycles. The number of carbonyl (C=O) groups is 1. The third-order valence-electron chi connectivity index (χ3n) is 4.12. The second-order valence-electron chi connectivity index (χ2n) is 5.59. The lowest BCUT2D eigenvalue weighted by Crippen LogP contribution is -2.56. The molecule has 9 nitrogen and oxygen atoms in total. The number of ether oxygens (including phenoxy) is 2. The molecule has 120 valence electrons. The Bertz CT molecular complexity index is 561. The van der Waals surface area contributed by atoms with E-state index in [0.717, 1.165) is 12.8 Å². The van der Waals surface area contributed by atoms with E-state index < -0.39 is 4.92 Å². The van der Waals surface area contributed by atoms with Gasteiger partial charge >= 0.3 is 5.82 Å². The molecule has 2 fully saturated rings. The minimum atomic E-state index is -0.577. The first-order valence-corrected chi connectivity index (χ1v) is 7.25. The van der Waals surface area contributed by atoms with Crippen molar-refractivity contribution in [1.29, 1.82) is 0 Å². The number of morpholine rings is 1. The second-order valence-corrected chi connectivity index (χ2v) is 5.59. The Morgan fingerprint density at radius 1 is 1.41 bits per heavy atom. The number of nitrogens with zero attached hydrogens (tertiary/aromatic N) is 4. The Hall–Kier alpha value is -2.00. The van der Waals surface area contributed by atoms with Gasteiger partial charge in [-0.3, -0.25) is 4.79 Å². The molecule has 0 saturated carbocycles. The summed E-state index contributed by atoms with van der Waals surface area (Å²) in [6, 6.07) is 1.28. The van der Waals surface area contributed by atoms with E-state index in [1.165, 1.54) is 16.9 Å². The van der Waals surface area contributed by atoms with Crippen LogP contribution in [0.5, 0.6) is 0 Å². The van der Waals surface area contributed by atoms with Crippen LogP contribution in [0, 0.1) is 10.1 Å². The third kappa shape index (κ3) is 3.09. The molecule has 3 heterocycles. The van der Waals surface area contributed by atoms with E-state index in [0.29, 0.717) is 32.9 Å². The maximum Gasteiger partial charge on any atom is 0.389 e. The van der Waals surface area contributed by atoms with Gasteiger partial charge in [-0.15, -0.1) is 0 Å². The predicted octanol–water partition coefficient (Wildman–Crippen LogP) is 0.199. The van der Waals surface area contributed by atoms with Gasteiger partial charge in [-0.05, 0) is 4.92 Å². The fraction of sp³-hybridized carbons (Fsp3) is 0.692. The molecule has 0 unspecified atom stereocenters. The van der Waals surface area contributed by atoms with E-state index in [-0.39, 0.29) is 23.9 Å². The van der Waals surface area contributed by atoms with Crippen LogP contribution in [0.1, 0.15) is 12.8 Å². The first-order chi connectivity index (χ1) is 10.6. The van der Waals surface area contributed by atoms with Crippen molar-refractivity contribution in [3.63, 3.8) is 0 Å². The molecule has 1 amide bonds. The molecule has 2 saturated heterocycles. The maximum atomic E-state index is 12.4. The SMILES string of the molecule is O=C(Cn1ccc([N+](=O)[O-])n1)N1CCOC2(CCOCC2)C1. The Labute approximate surface area is 126 Å². The molecule has 0 radical (unpaired) electrons. The first kappa shape index (κ1) is 14.9. The lowest BCUT2D eigenvalue weighted by molar-refractivity contribution is -0.389. The average molecular weight is 310 g/mol. The van der Waals surface area contributed by atoms with Crippen LogP contribution in [0.3, 0.4) is 0 Å². The van der Waals surface area contributed by atoms with E-state index in [4.69, 9.17) is 9.47 Å². The summed E-state index contributed by atoms with van der Waals surface area (Å²) >= 11 is 0. The second kappa shape index (κ2) is 6.01. The van der Waals surface area contributed by atoms with Crippen molar-refractivity contribution < 1.29 is 19.2 Å². The Balaban J connectivity index is 1.62. The van der Waals surface area contributed by atoms with Gasteiger partial charge in [0.2, 0.25) is 5.91 Å². The van der Waals surface area contributed by atoms with Crippen LogP contribution < -0.4 is 0 Å². The van der Waals surface area contributed by atoms with Gasteiger partial charge in [0.15, 0.2) is 0 Å². The van der Waals surface area contributed by atoms with Crippen LogP contribution in [0.15, 0.2) is 12.3 Å². The van der Waals surface area contributed by atoms with Gasteiger partial charge in [0, 0.05) is 39.1 Å². The standard InChI is InChI=1S/C13H18N4O5/c18-12(9-16-4-1-11(14-16)17(19)20)15-5-8-22-13(10-15)2-6-21-7-3-13/h1,4H,2-3,5-10H2. The summed E-state index contributed by atoms with van der Waals surface area (Å²) in [5.41, 5.74) is -0.303. The van der Waals surface area contributed by atoms with Crippen LogP contribution in [-0.4, -0.2) is 64.0 Å². The van der Waals surface area contributed by atoms with Crippen molar-refractivity contribution >= 4 is 11.7 Å². The van der Waals surface area contributed by atoms with Crippen LogP contribution in [0.4, 0.5) is 5.82 Å². The quantitative estimate of drug-likeness (QED) is 0.584. The highest BCUT2D eigenvalue weighted by molar-refractivity contribution is 5.76. The smallest absolute Gasteiger partial charge is 0.381 e. The Morgan fingerprint density at radius 3 is 2.86 bits per heavy atom. The van der Waals surface area contributed by atoms with Gasteiger partial charge in [0.25, 0.3) is 0 Å². The van der Waals surface area contributed by atoms with E-state index in [1.807, 2.05) is 0 Å². The van der Waals surface area contributed by atoms with Crippen molar-refractivity contribution in [1.82, 2.24) is 14.7 Å². The largest absolute Gasteiger partial charge is 0.389 e. The van der Waals surface area contributed by atoms with Crippen molar-refractivity contribution in [2.75, 3.05) is 32.9 Å². The normalized spacial score (nSPS) is 21.0. The summed E-state index contributed by atoms with van der Waals surface area (Å²) < 4.78 is 12.5.